The highest BCUT2D eigenvalue weighted by Gasteiger charge is 2.17. The van der Waals surface area contributed by atoms with Crippen molar-refractivity contribution in [2.45, 2.75) is 25.2 Å². The van der Waals surface area contributed by atoms with E-state index in [9.17, 15) is 4.79 Å². The first kappa shape index (κ1) is 19.2. The van der Waals surface area contributed by atoms with Crippen LogP contribution in [-0.2, 0) is 16.0 Å². The number of carbonyl (C=O) groups excluding carboxylic acids is 1. The zero-order valence-electron chi connectivity index (χ0n) is 14.8. The van der Waals surface area contributed by atoms with Crippen molar-refractivity contribution < 1.29 is 9.53 Å². The summed E-state index contributed by atoms with van der Waals surface area (Å²) in [5.74, 6) is -0.298. The van der Waals surface area contributed by atoms with Crippen LogP contribution in [0.5, 0.6) is 0 Å². The third kappa shape index (κ3) is 5.17. The van der Waals surface area contributed by atoms with Crippen LogP contribution >= 0.6 is 0 Å². The van der Waals surface area contributed by atoms with Crippen molar-refractivity contribution in [2.75, 3.05) is 7.11 Å². The first-order valence-corrected chi connectivity index (χ1v) is 8.35. The van der Waals surface area contributed by atoms with Gasteiger partial charge < -0.3 is 16.2 Å². The Morgan fingerprint density at radius 3 is 2.27 bits per heavy atom. The van der Waals surface area contributed by atoms with Crippen molar-refractivity contribution in [3.05, 3.63) is 70.8 Å². The molecule has 6 N–H and O–H groups in total. The molecular weight excluding hydrogens is 328 g/mol. The maximum Gasteiger partial charge on any atom is 0.306 e. The second-order valence-corrected chi connectivity index (χ2v) is 6.17. The Labute approximate surface area is 153 Å². The molecule has 0 bridgehead atoms. The molecular formula is C20H24N4O2. The van der Waals surface area contributed by atoms with Gasteiger partial charge in [0.2, 0.25) is 0 Å². The molecule has 0 aliphatic carbocycles. The minimum atomic E-state index is -0.277. The number of ether oxygens (including phenoxy) is 1. The molecule has 0 heterocycles. The van der Waals surface area contributed by atoms with E-state index in [1.165, 1.54) is 7.11 Å². The van der Waals surface area contributed by atoms with Crippen LogP contribution in [0.3, 0.4) is 0 Å². The lowest BCUT2D eigenvalue weighted by molar-refractivity contribution is -0.141. The summed E-state index contributed by atoms with van der Waals surface area (Å²) in [6.07, 6.45) is 1.70. The Morgan fingerprint density at radius 2 is 1.65 bits per heavy atom. The van der Waals surface area contributed by atoms with E-state index in [4.69, 9.17) is 27.0 Å². The largest absolute Gasteiger partial charge is 0.469 e. The number of aryl methyl sites for hydroxylation is 1. The van der Waals surface area contributed by atoms with E-state index in [0.29, 0.717) is 11.1 Å². The molecule has 0 aliphatic rings. The van der Waals surface area contributed by atoms with Crippen LogP contribution in [-0.4, -0.2) is 24.8 Å². The molecule has 2 aromatic carbocycles. The lowest BCUT2D eigenvalue weighted by Crippen LogP contribution is -2.14. The van der Waals surface area contributed by atoms with Gasteiger partial charge in [-0.3, -0.25) is 15.6 Å². The van der Waals surface area contributed by atoms with Gasteiger partial charge in [-0.05, 0) is 42.0 Å². The number of nitrogens with one attached hydrogen (secondary N) is 2. The predicted octanol–water partition coefficient (Wildman–Crippen LogP) is 2.53. The van der Waals surface area contributed by atoms with Crippen LogP contribution in [0.4, 0.5) is 0 Å². The van der Waals surface area contributed by atoms with Gasteiger partial charge in [-0.2, -0.15) is 0 Å². The molecule has 0 spiro atoms. The zero-order chi connectivity index (χ0) is 19.1. The Balaban J connectivity index is 2.21. The van der Waals surface area contributed by atoms with Gasteiger partial charge in [0.1, 0.15) is 11.7 Å². The average molecular weight is 352 g/mol. The summed E-state index contributed by atoms with van der Waals surface area (Å²) < 4.78 is 4.83. The first-order chi connectivity index (χ1) is 12.4. The molecule has 0 amide bonds. The van der Waals surface area contributed by atoms with Crippen LogP contribution in [0.15, 0.2) is 48.5 Å². The lowest BCUT2D eigenvalue weighted by Gasteiger charge is -2.17. The Kier molecular flexibility index (Phi) is 6.49. The van der Waals surface area contributed by atoms with Crippen molar-refractivity contribution in [1.82, 2.24) is 0 Å². The lowest BCUT2D eigenvalue weighted by atomic mass is 9.88. The van der Waals surface area contributed by atoms with E-state index in [1.807, 2.05) is 36.4 Å². The summed E-state index contributed by atoms with van der Waals surface area (Å²) in [6.45, 7) is 0. The molecule has 2 rings (SSSR count). The van der Waals surface area contributed by atoms with Gasteiger partial charge in [-0.1, -0.05) is 36.4 Å². The number of nitrogen functional groups attached to an aromatic ring is 2. The second kappa shape index (κ2) is 8.80. The minimum Gasteiger partial charge on any atom is -0.469 e. The van der Waals surface area contributed by atoms with Crippen LogP contribution in [0.25, 0.3) is 0 Å². The van der Waals surface area contributed by atoms with Crippen molar-refractivity contribution in [1.29, 1.82) is 10.8 Å². The summed E-state index contributed by atoms with van der Waals surface area (Å²) in [5.41, 5.74) is 14.5. The number of rotatable bonds is 8. The van der Waals surface area contributed by atoms with Gasteiger partial charge >= 0.3 is 5.97 Å². The van der Waals surface area contributed by atoms with Crippen LogP contribution in [0.1, 0.15) is 41.0 Å². The number of hydrogen-bond donors (Lipinski definition) is 4. The average Bonchev–Trinajstić information content (AvgIpc) is 2.65. The number of esters is 1. The smallest absolute Gasteiger partial charge is 0.306 e. The Hall–Kier alpha value is -3.15. The molecule has 6 nitrogen and oxygen atoms in total. The fraction of sp³-hybridized carbons (Fsp3) is 0.250. The molecule has 2 aromatic rings. The third-order valence-corrected chi connectivity index (χ3v) is 4.33. The van der Waals surface area contributed by atoms with Crippen LogP contribution in [0.2, 0.25) is 0 Å². The number of hydrogen-bond acceptors (Lipinski definition) is 4. The molecule has 0 saturated heterocycles. The number of benzene rings is 2. The van der Waals surface area contributed by atoms with Gasteiger partial charge in [0.05, 0.1) is 13.5 Å². The van der Waals surface area contributed by atoms with Gasteiger partial charge in [-0.25, -0.2) is 0 Å². The molecule has 0 aromatic heterocycles. The summed E-state index contributed by atoms with van der Waals surface area (Å²) in [6, 6.07) is 14.9. The van der Waals surface area contributed by atoms with E-state index < -0.39 is 0 Å². The van der Waals surface area contributed by atoms with Crippen LogP contribution in [0, 0.1) is 10.8 Å². The molecule has 26 heavy (non-hydrogen) atoms. The summed E-state index contributed by atoms with van der Waals surface area (Å²) >= 11 is 0. The SMILES string of the molecule is COC(=O)C[C@H](CCc1cccc(C(=N)N)c1)c1cccc(C(=N)N)c1. The first-order valence-electron chi connectivity index (χ1n) is 8.35. The second-order valence-electron chi connectivity index (χ2n) is 6.17. The highest BCUT2D eigenvalue weighted by molar-refractivity contribution is 5.95. The van der Waals surface area contributed by atoms with Crippen molar-refractivity contribution in [2.24, 2.45) is 11.5 Å². The van der Waals surface area contributed by atoms with E-state index in [0.717, 1.165) is 24.0 Å². The summed E-state index contributed by atoms with van der Waals surface area (Å²) in [7, 11) is 1.38. The fourth-order valence-electron chi connectivity index (χ4n) is 2.87. The third-order valence-electron chi connectivity index (χ3n) is 4.33. The highest BCUT2D eigenvalue weighted by Crippen LogP contribution is 2.27. The zero-order valence-corrected chi connectivity index (χ0v) is 14.8. The Bertz CT molecular complexity index is 817. The molecule has 0 saturated carbocycles. The van der Waals surface area contributed by atoms with Gasteiger partial charge in [0, 0.05) is 11.1 Å². The summed E-state index contributed by atoms with van der Waals surface area (Å²) in [4.78, 5) is 11.8. The molecule has 0 fully saturated rings. The Morgan fingerprint density at radius 1 is 1.04 bits per heavy atom. The van der Waals surface area contributed by atoms with Crippen molar-refractivity contribution in [3.8, 4) is 0 Å². The van der Waals surface area contributed by atoms with Gasteiger partial charge in [-0.15, -0.1) is 0 Å². The van der Waals surface area contributed by atoms with Gasteiger partial charge in [0.15, 0.2) is 0 Å². The number of carbonyl (C=O) groups is 1. The minimum absolute atomic E-state index is 0.00201. The number of methoxy groups -OCH3 is 1. The van der Waals surface area contributed by atoms with E-state index in [-0.39, 0.29) is 30.0 Å². The topological polar surface area (TPSA) is 126 Å². The number of nitrogens with two attached hydrogens (primary N) is 2. The molecule has 0 radical (unpaired) electrons. The fourth-order valence-corrected chi connectivity index (χ4v) is 2.87. The van der Waals surface area contributed by atoms with E-state index >= 15 is 0 Å². The normalized spacial score (nSPS) is 11.6. The maximum atomic E-state index is 11.8. The molecule has 1 atom stereocenters. The van der Waals surface area contributed by atoms with Crippen LogP contribution < -0.4 is 11.5 Å². The predicted molar refractivity (Wildman–Crippen MR) is 103 cm³/mol. The van der Waals surface area contributed by atoms with Gasteiger partial charge in [0.25, 0.3) is 0 Å². The molecule has 136 valence electrons. The van der Waals surface area contributed by atoms with Crippen molar-refractivity contribution >= 4 is 17.6 Å². The quantitative estimate of drug-likeness (QED) is 0.331. The van der Waals surface area contributed by atoms with E-state index in [2.05, 4.69) is 0 Å². The summed E-state index contributed by atoms with van der Waals surface area (Å²) in [5, 5.41) is 15.2. The number of amidine groups is 2. The maximum absolute atomic E-state index is 11.8. The molecule has 0 unspecified atom stereocenters. The standard InChI is InChI=1S/C20H24N4O2/c1-26-18(25)12-15(14-5-3-7-17(11-14)20(23)24)9-8-13-4-2-6-16(10-13)19(21)22/h2-7,10-11,15H,8-9,12H2,1H3,(H3,21,22)(H3,23,24)/t15-/m0/s1. The monoisotopic (exact) mass is 352 g/mol. The van der Waals surface area contributed by atoms with E-state index in [1.54, 1.807) is 12.1 Å². The molecule has 0 aliphatic heterocycles. The van der Waals surface area contributed by atoms with Crippen molar-refractivity contribution in [3.63, 3.8) is 0 Å². The highest BCUT2D eigenvalue weighted by atomic mass is 16.5. The molecule has 6 heteroatoms.